The molecule has 0 spiro atoms. The van der Waals surface area contributed by atoms with Crippen molar-refractivity contribution >= 4 is 17.7 Å². The highest BCUT2D eigenvalue weighted by Gasteiger charge is 2.08. The molecule has 6 heteroatoms. The number of benzene rings is 2. The van der Waals surface area contributed by atoms with Crippen LogP contribution in [0.1, 0.15) is 11.3 Å². The Hall–Kier alpha value is -2.73. The van der Waals surface area contributed by atoms with Crippen LogP contribution in [-0.2, 0) is 17.1 Å². The summed E-state index contributed by atoms with van der Waals surface area (Å²) in [4.78, 5) is 16.4. The number of nitrogens with one attached hydrogen (secondary N) is 1. The molecule has 5 nitrogen and oxygen atoms in total. The SMILES string of the molecule is COc1ccc(-c2nc(CSCC(=O)NCc3ccccc3)co2)cc1. The lowest BCUT2D eigenvalue weighted by atomic mass is 10.2. The van der Waals surface area contributed by atoms with Crippen LogP contribution in [0, 0.1) is 0 Å². The number of carbonyl (C=O) groups excluding carboxylic acids is 1. The zero-order chi connectivity index (χ0) is 18.2. The van der Waals surface area contributed by atoms with Gasteiger partial charge < -0.3 is 14.5 Å². The minimum absolute atomic E-state index is 0.0118. The lowest BCUT2D eigenvalue weighted by Gasteiger charge is -2.04. The van der Waals surface area contributed by atoms with E-state index in [-0.39, 0.29) is 5.91 Å². The van der Waals surface area contributed by atoms with Gasteiger partial charge in [-0.15, -0.1) is 11.8 Å². The number of aromatic nitrogens is 1. The molecule has 0 unspecified atom stereocenters. The second-order valence-electron chi connectivity index (χ2n) is 5.63. The highest BCUT2D eigenvalue weighted by Crippen LogP contribution is 2.23. The van der Waals surface area contributed by atoms with Gasteiger partial charge in [-0.1, -0.05) is 30.3 Å². The minimum atomic E-state index is 0.0118. The van der Waals surface area contributed by atoms with Crippen LogP contribution in [0.4, 0.5) is 0 Å². The zero-order valence-electron chi connectivity index (χ0n) is 14.5. The molecule has 0 aliphatic rings. The number of thioether (sulfide) groups is 1. The summed E-state index contributed by atoms with van der Waals surface area (Å²) >= 11 is 1.51. The molecule has 0 saturated carbocycles. The van der Waals surface area contributed by atoms with E-state index in [4.69, 9.17) is 9.15 Å². The zero-order valence-corrected chi connectivity index (χ0v) is 15.3. The normalized spacial score (nSPS) is 10.5. The maximum atomic E-state index is 11.9. The monoisotopic (exact) mass is 368 g/mol. The first-order chi connectivity index (χ1) is 12.7. The van der Waals surface area contributed by atoms with Crippen LogP contribution in [-0.4, -0.2) is 23.8 Å². The first-order valence-corrected chi connectivity index (χ1v) is 9.37. The van der Waals surface area contributed by atoms with Gasteiger partial charge in [0.15, 0.2) is 0 Å². The molecule has 1 amide bonds. The third-order valence-electron chi connectivity index (χ3n) is 3.70. The molecule has 1 N–H and O–H groups in total. The minimum Gasteiger partial charge on any atom is -0.497 e. The molecule has 134 valence electrons. The lowest BCUT2D eigenvalue weighted by molar-refractivity contribution is -0.118. The van der Waals surface area contributed by atoms with Crippen LogP contribution in [0.5, 0.6) is 5.75 Å². The molecule has 3 aromatic rings. The van der Waals surface area contributed by atoms with Gasteiger partial charge in [-0.2, -0.15) is 0 Å². The largest absolute Gasteiger partial charge is 0.497 e. The van der Waals surface area contributed by atoms with Crippen molar-refractivity contribution in [2.45, 2.75) is 12.3 Å². The van der Waals surface area contributed by atoms with Crippen molar-refractivity contribution < 1.29 is 13.9 Å². The van der Waals surface area contributed by atoms with Crippen molar-refractivity contribution in [3.8, 4) is 17.2 Å². The van der Waals surface area contributed by atoms with E-state index in [0.29, 0.717) is 23.9 Å². The number of ether oxygens (including phenoxy) is 1. The number of methoxy groups -OCH3 is 1. The summed E-state index contributed by atoms with van der Waals surface area (Å²) < 4.78 is 10.7. The van der Waals surface area contributed by atoms with E-state index < -0.39 is 0 Å². The second kappa shape index (κ2) is 9.10. The molecule has 2 aromatic carbocycles. The molecule has 0 fully saturated rings. The average Bonchev–Trinajstić information content (AvgIpc) is 3.16. The predicted octanol–water partition coefficient (Wildman–Crippen LogP) is 3.90. The molecule has 3 rings (SSSR count). The van der Waals surface area contributed by atoms with E-state index in [1.54, 1.807) is 13.4 Å². The molecule has 0 bridgehead atoms. The number of amides is 1. The van der Waals surface area contributed by atoms with E-state index in [9.17, 15) is 4.79 Å². The Balaban J connectivity index is 1.43. The van der Waals surface area contributed by atoms with Crippen molar-refractivity contribution in [3.05, 3.63) is 72.1 Å². The molecule has 1 aromatic heterocycles. The van der Waals surface area contributed by atoms with Crippen molar-refractivity contribution in [1.82, 2.24) is 10.3 Å². The van der Waals surface area contributed by atoms with Crippen LogP contribution < -0.4 is 10.1 Å². The summed E-state index contributed by atoms with van der Waals surface area (Å²) in [5.41, 5.74) is 2.80. The van der Waals surface area contributed by atoms with Gasteiger partial charge in [0.25, 0.3) is 0 Å². The Morgan fingerprint density at radius 2 is 1.92 bits per heavy atom. The molecule has 26 heavy (non-hydrogen) atoms. The van der Waals surface area contributed by atoms with Crippen LogP contribution in [0.3, 0.4) is 0 Å². The van der Waals surface area contributed by atoms with Crippen LogP contribution in [0.2, 0.25) is 0 Å². The molecular formula is C20H20N2O3S. The second-order valence-corrected chi connectivity index (χ2v) is 6.61. The molecular weight excluding hydrogens is 348 g/mol. The summed E-state index contributed by atoms with van der Waals surface area (Å²) in [6.07, 6.45) is 1.63. The van der Waals surface area contributed by atoms with Crippen LogP contribution in [0.15, 0.2) is 65.3 Å². The molecule has 0 atom stereocenters. The van der Waals surface area contributed by atoms with E-state index in [0.717, 1.165) is 22.6 Å². The molecule has 0 saturated heterocycles. The summed E-state index contributed by atoms with van der Waals surface area (Å²) in [5, 5.41) is 2.91. The van der Waals surface area contributed by atoms with E-state index >= 15 is 0 Å². The molecule has 1 heterocycles. The van der Waals surface area contributed by atoms with Gasteiger partial charge >= 0.3 is 0 Å². The Morgan fingerprint density at radius 3 is 2.65 bits per heavy atom. The van der Waals surface area contributed by atoms with Crippen molar-refractivity contribution in [2.75, 3.05) is 12.9 Å². The first kappa shape index (κ1) is 18.1. The average molecular weight is 368 g/mol. The number of carbonyl (C=O) groups is 1. The van der Waals surface area contributed by atoms with Crippen molar-refractivity contribution in [3.63, 3.8) is 0 Å². The summed E-state index contributed by atoms with van der Waals surface area (Å²) in [5.74, 6) is 2.38. The van der Waals surface area contributed by atoms with Gasteiger partial charge in [0.1, 0.15) is 12.0 Å². The maximum absolute atomic E-state index is 11.9. The Bertz CT molecular complexity index is 832. The quantitative estimate of drug-likeness (QED) is 0.653. The van der Waals surface area contributed by atoms with Gasteiger partial charge in [-0.25, -0.2) is 4.98 Å². The fraction of sp³-hybridized carbons (Fsp3) is 0.200. The lowest BCUT2D eigenvalue weighted by Crippen LogP contribution is -2.24. The highest BCUT2D eigenvalue weighted by molar-refractivity contribution is 7.99. The van der Waals surface area contributed by atoms with E-state index in [1.165, 1.54) is 11.8 Å². The third kappa shape index (κ3) is 5.13. The predicted molar refractivity (Wildman–Crippen MR) is 103 cm³/mol. The first-order valence-electron chi connectivity index (χ1n) is 8.22. The highest BCUT2D eigenvalue weighted by atomic mass is 32.2. The van der Waals surface area contributed by atoms with E-state index in [1.807, 2.05) is 54.6 Å². The summed E-state index contributed by atoms with van der Waals surface area (Å²) in [6, 6.07) is 17.4. The van der Waals surface area contributed by atoms with Crippen LogP contribution in [0.25, 0.3) is 11.5 Å². The van der Waals surface area contributed by atoms with E-state index in [2.05, 4.69) is 10.3 Å². The number of rotatable bonds is 8. The number of hydrogen-bond donors (Lipinski definition) is 1. The number of hydrogen-bond acceptors (Lipinski definition) is 5. The Labute approximate surface area is 156 Å². The summed E-state index contributed by atoms with van der Waals surface area (Å²) in [7, 11) is 1.63. The van der Waals surface area contributed by atoms with Gasteiger partial charge in [0.2, 0.25) is 11.8 Å². The third-order valence-corrected chi connectivity index (χ3v) is 4.67. The standard InChI is InChI=1S/C20H20N2O3S/c1-24-18-9-7-16(8-10-18)20-22-17(12-25-20)13-26-14-19(23)21-11-15-5-3-2-4-6-15/h2-10,12H,11,13-14H2,1H3,(H,21,23). The molecule has 0 radical (unpaired) electrons. The number of oxazole rings is 1. The van der Waals surface area contributed by atoms with Crippen molar-refractivity contribution in [2.24, 2.45) is 0 Å². The molecule has 0 aliphatic heterocycles. The van der Waals surface area contributed by atoms with Crippen molar-refractivity contribution in [1.29, 1.82) is 0 Å². The van der Waals surface area contributed by atoms with Gasteiger partial charge in [0.05, 0.1) is 18.6 Å². The Kier molecular flexibility index (Phi) is 6.33. The van der Waals surface area contributed by atoms with Crippen LogP contribution >= 0.6 is 11.8 Å². The summed E-state index contributed by atoms with van der Waals surface area (Å²) in [6.45, 7) is 0.547. The van der Waals surface area contributed by atoms with Gasteiger partial charge in [-0.3, -0.25) is 4.79 Å². The van der Waals surface area contributed by atoms with Gasteiger partial charge in [0, 0.05) is 17.9 Å². The smallest absolute Gasteiger partial charge is 0.230 e. The topological polar surface area (TPSA) is 64.4 Å². The molecule has 0 aliphatic carbocycles. The maximum Gasteiger partial charge on any atom is 0.230 e. The van der Waals surface area contributed by atoms with Gasteiger partial charge in [-0.05, 0) is 29.8 Å². The fourth-order valence-corrected chi connectivity index (χ4v) is 3.07. The Morgan fingerprint density at radius 1 is 1.15 bits per heavy atom. The number of nitrogens with zero attached hydrogens (tertiary/aromatic N) is 1. The fourth-order valence-electron chi connectivity index (χ4n) is 2.34.